The summed E-state index contributed by atoms with van der Waals surface area (Å²) < 4.78 is 4.70. The van der Waals surface area contributed by atoms with E-state index in [-0.39, 0.29) is 11.3 Å². The van der Waals surface area contributed by atoms with Crippen LogP contribution >= 0.6 is 0 Å². The Balaban J connectivity index is 1.77. The van der Waals surface area contributed by atoms with Gasteiger partial charge in [0.05, 0.1) is 17.6 Å². The summed E-state index contributed by atoms with van der Waals surface area (Å²) in [4.78, 5) is 34.3. The lowest BCUT2D eigenvalue weighted by Gasteiger charge is -2.05. The fourth-order valence-corrected chi connectivity index (χ4v) is 2.62. The number of hydrogen-bond donors (Lipinski definition) is 1. The summed E-state index contributed by atoms with van der Waals surface area (Å²) in [7, 11) is 1.31. The number of nitrogens with zero attached hydrogens (tertiary/aromatic N) is 1. The van der Waals surface area contributed by atoms with E-state index >= 15 is 0 Å². The van der Waals surface area contributed by atoms with Gasteiger partial charge in [-0.05, 0) is 42.5 Å². The highest BCUT2D eigenvalue weighted by Crippen LogP contribution is 2.16. The SMILES string of the molecule is COC(=O)c1cccc(C#Cc2cccc(NC(=O)c3cccc([N+](=O)[O-])c3)c2)c1. The van der Waals surface area contributed by atoms with E-state index in [4.69, 9.17) is 4.74 Å². The van der Waals surface area contributed by atoms with Crippen molar-refractivity contribution < 1.29 is 19.2 Å². The highest BCUT2D eigenvalue weighted by molar-refractivity contribution is 6.04. The maximum atomic E-state index is 12.4. The fourth-order valence-electron chi connectivity index (χ4n) is 2.62. The van der Waals surface area contributed by atoms with Crippen molar-refractivity contribution in [2.45, 2.75) is 0 Å². The number of anilines is 1. The largest absolute Gasteiger partial charge is 0.465 e. The Morgan fingerprint density at radius 2 is 1.53 bits per heavy atom. The monoisotopic (exact) mass is 400 g/mol. The van der Waals surface area contributed by atoms with Crippen molar-refractivity contribution in [3.05, 3.63) is 105 Å². The Morgan fingerprint density at radius 3 is 2.23 bits per heavy atom. The predicted molar refractivity (Wildman–Crippen MR) is 111 cm³/mol. The van der Waals surface area contributed by atoms with Crippen molar-refractivity contribution in [3.8, 4) is 11.8 Å². The first-order valence-corrected chi connectivity index (χ1v) is 8.82. The number of carbonyl (C=O) groups excluding carboxylic acids is 2. The first kappa shape index (κ1) is 20.3. The van der Waals surface area contributed by atoms with Gasteiger partial charge in [0.2, 0.25) is 0 Å². The van der Waals surface area contributed by atoms with Crippen LogP contribution in [0.5, 0.6) is 0 Å². The first-order chi connectivity index (χ1) is 14.5. The van der Waals surface area contributed by atoms with Gasteiger partial charge < -0.3 is 10.1 Å². The van der Waals surface area contributed by atoms with E-state index in [0.29, 0.717) is 22.4 Å². The lowest BCUT2D eigenvalue weighted by Crippen LogP contribution is -2.12. The minimum atomic E-state index is -0.553. The van der Waals surface area contributed by atoms with Crippen LogP contribution < -0.4 is 5.32 Å². The summed E-state index contributed by atoms with van der Waals surface area (Å²) >= 11 is 0. The number of carbonyl (C=O) groups is 2. The molecule has 3 rings (SSSR count). The van der Waals surface area contributed by atoms with Gasteiger partial charge in [-0.1, -0.05) is 30.0 Å². The summed E-state index contributed by atoms with van der Waals surface area (Å²) in [6.07, 6.45) is 0. The van der Waals surface area contributed by atoms with Gasteiger partial charge in [-0.25, -0.2) is 4.79 Å². The summed E-state index contributed by atoms with van der Waals surface area (Å²) in [5.41, 5.74) is 2.22. The Hall–Kier alpha value is -4.44. The maximum absolute atomic E-state index is 12.4. The lowest BCUT2D eigenvalue weighted by atomic mass is 10.1. The molecule has 0 aliphatic rings. The van der Waals surface area contributed by atoms with Gasteiger partial charge in [0.15, 0.2) is 0 Å². The van der Waals surface area contributed by atoms with E-state index in [2.05, 4.69) is 17.2 Å². The fraction of sp³-hybridized carbons (Fsp3) is 0.0435. The van der Waals surface area contributed by atoms with E-state index in [9.17, 15) is 19.7 Å². The number of nitro benzene ring substituents is 1. The van der Waals surface area contributed by atoms with Crippen LogP contribution in [0.2, 0.25) is 0 Å². The molecule has 0 bridgehead atoms. The number of nitrogens with one attached hydrogen (secondary N) is 1. The number of nitro groups is 1. The van der Waals surface area contributed by atoms with Crippen LogP contribution in [0.25, 0.3) is 0 Å². The predicted octanol–water partition coefficient (Wildman–Crippen LogP) is 4.03. The molecule has 30 heavy (non-hydrogen) atoms. The van der Waals surface area contributed by atoms with Crippen LogP contribution in [0, 0.1) is 22.0 Å². The molecule has 0 unspecified atom stereocenters. The van der Waals surface area contributed by atoms with Gasteiger partial charge >= 0.3 is 5.97 Å². The second-order valence-corrected chi connectivity index (χ2v) is 6.16. The van der Waals surface area contributed by atoms with Gasteiger partial charge in [0, 0.05) is 34.5 Å². The topological polar surface area (TPSA) is 98.5 Å². The average Bonchev–Trinajstić information content (AvgIpc) is 2.77. The lowest BCUT2D eigenvalue weighted by molar-refractivity contribution is -0.384. The normalized spacial score (nSPS) is 9.77. The molecule has 7 heteroatoms. The Morgan fingerprint density at radius 1 is 0.900 bits per heavy atom. The Labute approximate surface area is 172 Å². The Bertz CT molecular complexity index is 1190. The zero-order chi connectivity index (χ0) is 21.5. The highest BCUT2D eigenvalue weighted by atomic mass is 16.6. The van der Waals surface area contributed by atoms with Crippen molar-refractivity contribution in [1.82, 2.24) is 0 Å². The van der Waals surface area contributed by atoms with Gasteiger partial charge in [0.1, 0.15) is 0 Å². The Kier molecular flexibility index (Phi) is 6.20. The minimum Gasteiger partial charge on any atom is -0.465 e. The molecule has 3 aromatic carbocycles. The third-order valence-corrected chi connectivity index (χ3v) is 4.07. The van der Waals surface area contributed by atoms with E-state index in [1.165, 1.54) is 31.4 Å². The van der Waals surface area contributed by atoms with E-state index in [1.807, 2.05) is 0 Å². The number of amides is 1. The van der Waals surface area contributed by atoms with Crippen LogP contribution in [0.15, 0.2) is 72.8 Å². The van der Waals surface area contributed by atoms with Crippen molar-refractivity contribution >= 4 is 23.3 Å². The summed E-state index contributed by atoms with van der Waals surface area (Å²) in [6.45, 7) is 0. The van der Waals surface area contributed by atoms with Gasteiger partial charge in [-0.15, -0.1) is 0 Å². The maximum Gasteiger partial charge on any atom is 0.337 e. The van der Waals surface area contributed by atoms with Crippen LogP contribution in [-0.4, -0.2) is 23.9 Å². The number of esters is 1. The number of non-ortho nitro benzene ring substituents is 1. The molecule has 1 N–H and O–H groups in total. The zero-order valence-electron chi connectivity index (χ0n) is 15.9. The molecule has 148 valence electrons. The van der Waals surface area contributed by atoms with Gasteiger partial charge in [-0.3, -0.25) is 14.9 Å². The summed E-state index contributed by atoms with van der Waals surface area (Å²) in [6, 6.07) is 19.1. The molecule has 7 nitrogen and oxygen atoms in total. The van der Waals surface area contributed by atoms with Gasteiger partial charge in [0.25, 0.3) is 11.6 Å². The second-order valence-electron chi connectivity index (χ2n) is 6.16. The van der Waals surface area contributed by atoms with Crippen molar-refractivity contribution in [2.75, 3.05) is 12.4 Å². The number of methoxy groups -OCH3 is 1. The molecule has 1 amide bonds. The minimum absolute atomic E-state index is 0.156. The standard InChI is InChI=1S/C23H16N2O5/c1-30-23(27)19-8-2-5-16(13-19)11-12-17-6-3-9-20(14-17)24-22(26)18-7-4-10-21(15-18)25(28)29/h2-10,13-15H,1H3,(H,24,26). The molecule has 0 saturated carbocycles. The average molecular weight is 400 g/mol. The van der Waals surface area contributed by atoms with Crippen molar-refractivity contribution in [3.63, 3.8) is 0 Å². The third-order valence-electron chi connectivity index (χ3n) is 4.07. The van der Waals surface area contributed by atoms with Crippen molar-refractivity contribution in [2.24, 2.45) is 0 Å². The molecule has 0 fully saturated rings. The van der Waals surface area contributed by atoms with E-state index in [1.54, 1.807) is 48.5 Å². The third kappa shape index (κ3) is 5.09. The molecule has 0 heterocycles. The second kappa shape index (κ2) is 9.17. The molecular weight excluding hydrogens is 384 g/mol. The number of rotatable bonds is 4. The van der Waals surface area contributed by atoms with Crippen LogP contribution in [0.1, 0.15) is 31.8 Å². The molecular formula is C23H16N2O5. The molecule has 0 saturated heterocycles. The molecule has 0 aliphatic heterocycles. The molecule has 0 atom stereocenters. The molecule has 0 spiro atoms. The molecule has 0 aromatic heterocycles. The summed E-state index contributed by atoms with van der Waals surface area (Å²) in [5, 5.41) is 13.6. The molecule has 0 radical (unpaired) electrons. The van der Waals surface area contributed by atoms with Crippen LogP contribution in [-0.2, 0) is 4.74 Å². The van der Waals surface area contributed by atoms with Crippen molar-refractivity contribution in [1.29, 1.82) is 0 Å². The number of hydrogen-bond acceptors (Lipinski definition) is 5. The number of ether oxygens (including phenoxy) is 1. The summed E-state index contributed by atoms with van der Waals surface area (Å²) in [5.74, 6) is 5.04. The smallest absolute Gasteiger partial charge is 0.337 e. The quantitative estimate of drug-likeness (QED) is 0.309. The van der Waals surface area contributed by atoms with Crippen LogP contribution in [0.4, 0.5) is 11.4 Å². The first-order valence-electron chi connectivity index (χ1n) is 8.82. The zero-order valence-corrected chi connectivity index (χ0v) is 15.9. The van der Waals surface area contributed by atoms with Crippen LogP contribution in [0.3, 0.4) is 0 Å². The number of benzene rings is 3. The molecule has 0 aliphatic carbocycles. The van der Waals surface area contributed by atoms with Gasteiger partial charge in [-0.2, -0.15) is 0 Å². The molecule has 3 aromatic rings. The van der Waals surface area contributed by atoms with E-state index < -0.39 is 16.8 Å². The van der Waals surface area contributed by atoms with E-state index in [0.717, 1.165) is 0 Å². The highest BCUT2D eigenvalue weighted by Gasteiger charge is 2.11.